The van der Waals surface area contributed by atoms with Gasteiger partial charge in [-0.05, 0) is 59.4 Å². The number of alkyl halides is 3. The molecule has 0 saturated heterocycles. The minimum Gasteiger partial charge on any atom is -0.381 e. The molecule has 1 unspecified atom stereocenters. The molecule has 5 nitrogen and oxygen atoms in total. The van der Waals surface area contributed by atoms with Gasteiger partial charge in [-0.1, -0.05) is 6.58 Å². The Kier molecular flexibility index (Phi) is 7.97. The number of hydrogen-bond donors (Lipinski definition) is 4. The monoisotopic (exact) mass is 440 g/mol. The predicted octanol–water partition coefficient (Wildman–Crippen LogP) is 2.98. The minimum absolute atomic E-state index is 0.0389. The third-order valence-electron chi connectivity index (χ3n) is 4.00. The Balaban J connectivity index is 2.03. The Morgan fingerprint density at radius 1 is 1.17 bits per heavy atom. The van der Waals surface area contributed by atoms with E-state index in [4.69, 9.17) is 5.73 Å². The normalized spacial score (nSPS) is 12.2. The number of anilines is 1. The van der Waals surface area contributed by atoms with Crippen molar-refractivity contribution in [2.24, 2.45) is 5.73 Å². The Morgan fingerprint density at radius 3 is 2.37 bits per heavy atom. The third kappa shape index (κ3) is 6.86. The number of allylic oxidation sites excluding steroid dienone is 1. The number of nitrogens with two attached hydrogens (primary N) is 1. The van der Waals surface area contributed by atoms with E-state index in [1.54, 1.807) is 6.07 Å². The number of hydrazine groups is 1. The fourth-order valence-electron chi connectivity index (χ4n) is 2.57. The summed E-state index contributed by atoms with van der Waals surface area (Å²) in [5.41, 5.74) is 11.6. The zero-order chi connectivity index (χ0) is 22.3. The van der Waals surface area contributed by atoms with Crippen molar-refractivity contribution in [1.82, 2.24) is 10.7 Å². The molecule has 0 aliphatic carbocycles. The molecule has 0 spiro atoms. The van der Waals surface area contributed by atoms with Gasteiger partial charge >= 0.3 is 6.18 Å². The fourth-order valence-corrected chi connectivity index (χ4v) is 2.94. The van der Waals surface area contributed by atoms with Crippen LogP contribution >= 0.6 is 9.24 Å². The van der Waals surface area contributed by atoms with Crippen LogP contribution in [0.25, 0.3) is 0 Å². The maximum absolute atomic E-state index is 13.5. The van der Waals surface area contributed by atoms with Crippen LogP contribution in [0.5, 0.6) is 0 Å². The molecule has 2 aromatic rings. The first-order chi connectivity index (χ1) is 14.1. The van der Waals surface area contributed by atoms with Crippen LogP contribution in [-0.4, -0.2) is 12.5 Å². The van der Waals surface area contributed by atoms with E-state index in [1.165, 1.54) is 30.3 Å². The van der Waals surface area contributed by atoms with Gasteiger partial charge in [-0.25, -0.2) is 9.82 Å². The molecular weight excluding hydrogens is 419 g/mol. The highest BCUT2D eigenvalue weighted by atomic mass is 31.0. The Labute approximate surface area is 173 Å². The standard InChI is InChI=1S/C20H21F4N4OP/c1-2-18(26-10-12-7-14(21)9-16(30)8-12)17(19(25)29)11-27-28-15-5-3-13(4-6-15)20(22,23)24/h2-9,26-28H,1,10-11,30H2,(H2,25,29)/b18-17-. The molecule has 10 heteroatoms. The molecule has 0 heterocycles. The molecule has 0 saturated carbocycles. The van der Waals surface area contributed by atoms with Crippen LogP contribution < -0.4 is 27.2 Å². The summed E-state index contributed by atoms with van der Waals surface area (Å²) in [5.74, 6) is -1.11. The molecule has 1 amide bonds. The van der Waals surface area contributed by atoms with E-state index in [0.717, 1.165) is 12.1 Å². The van der Waals surface area contributed by atoms with E-state index in [-0.39, 0.29) is 24.5 Å². The summed E-state index contributed by atoms with van der Waals surface area (Å²) in [6.45, 7) is 3.84. The Hall–Kier alpha value is -2.90. The van der Waals surface area contributed by atoms with Crippen molar-refractivity contribution in [1.29, 1.82) is 0 Å². The first-order valence-corrected chi connectivity index (χ1v) is 9.28. The van der Waals surface area contributed by atoms with Gasteiger partial charge in [0.2, 0.25) is 5.91 Å². The molecule has 0 aromatic heterocycles. The largest absolute Gasteiger partial charge is 0.416 e. The molecule has 2 rings (SSSR count). The van der Waals surface area contributed by atoms with Crippen molar-refractivity contribution in [3.63, 3.8) is 0 Å². The van der Waals surface area contributed by atoms with Crippen LogP contribution in [0.2, 0.25) is 0 Å². The lowest BCUT2D eigenvalue weighted by Crippen LogP contribution is -2.32. The van der Waals surface area contributed by atoms with Crippen molar-refractivity contribution in [2.75, 3.05) is 12.0 Å². The number of carbonyl (C=O) groups excluding carboxylic acids is 1. The van der Waals surface area contributed by atoms with Gasteiger partial charge in [-0.2, -0.15) is 13.2 Å². The highest BCUT2D eigenvalue weighted by Crippen LogP contribution is 2.29. The quantitative estimate of drug-likeness (QED) is 0.159. The average Bonchev–Trinajstić information content (AvgIpc) is 2.65. The van der Waals surface area contributed by atoms with Crippen LogP contribution in [0, 0.1) is 5.82 Å². The molecule has 0 bridgehead atoms. The average molecular weight is 440 g/mol. The second-order valence-corrected chi connectivity index (χ2v) is 6.93. The third-order valence-corrected chi connectivity index (χ3v) is 4.33. The summed E-state index contributed by atoms with van der Waals surface area (Å²) in [7, 11) is 2.41. The maximum Gasteiger partial charge on any atom is 0.416 e. The van der Waals surface area contributed by atoms with Gasteiger partial charge in [0.15, 0.2) is 0 Å². The molecule has 0 aliphatic heterocycles. The number of halogens is 4. The lowest BCUT2D eigenvalue weighted by molar-refractivity contribution is -0.137. The first kappa shape index (κ1) is 23.4. The minimum atomic E-state index is -4.42. The van der Waals surface area contributed by atoms with Gasteiger partial charge < -0.3 is 16.5 Å². The summed E-state index contributed by atoms with van der Waals surface area (Å²) in [4.78, 5) is 11.8. The number of amides is 1. The van der Waals surface area contributed by atoms with Crippen LogP contribution in [0.15, 0.2) is 66.4 Å². The highest BCUT2D eigenvalue weighted by Gasteiger charge is 2.29. The van der Waals surface area contributed by atoms with Gasteiger partial charge in [0, 0.05) is 24.5 Å². The van der Waals surface area contributed by atoms with Crippen LogP contribution in [-0.2, 0) is 17.5 Å². The van der Waals surface area contributed by atoms with Gasteiger partial charge in [-0.3, -0.25) is 4.79 Å². The number of carbonyl (C=O) groups is 1. The van der Waals surface area contributed by atoms with Crippen LogP contribution in [0.3, 0.4) is 0 Å². The number of primary amides is 1. The van der Waals surface area contributed by atoms with Crippen molar-refractivity contribution < 1.29 is 22.4 Å². The van der Waals surface area contributed by atoms with Crippen molar-refractivity contribution >= 4 is 26.1 Å². The van der Waals surface area contributed by atoms with E-state index < -0.39 is 17.6 Å². The second kappa shape index (κ2) is 10.2. The van der Waals surface area contributed by atoms with Crippen LogP contribution in [0.4, 0.5) is 23.2 Å². The van der Waals surface area contributed by atoms with E-state index in [1.807, 2.05) is 0 Å². The van der Waals surface area contributed by atoms with Gasteiger partial charge in [0.1, 0.15) is 5.82 Å². The molecule has 1 atom stereocenters. The van der Waals surface area contributed by atoms with Crippen molar-refractivity contribution in [2.45, 2.75) is 12.7 Å². The topological polar surface area (TPSA) is 79.2 Å². The summed E-state index contributed by atoms with van der Waals surface area (Å²) in [5, 5.41) is 3.66. The van der Waals surface area contributed by atoms with E-state index >= 15 is 0 Å². The predicted molar refractivity (Wildman–Crippen MR) is 112 cm³/mol. The number of benzene rings is 2. The van der Waals surface area contributed by atoms with Gasteiger partial charge in [0.25, 0.3) is 0 Å². The summed E-state index contributed by atoms with van der Waals surface area (Å²) in [6.07, 6.45) is -3.02. The lowest BCUT2D eigenvalue weighted by atomic mass is 10.1. The molecule has 30 heavy (non-hydrogen) atoms. The van der Waals surface area contributed by atoms with E-state index in [9.17, 15) is 22.4 Å². The van der Waals surface area contributed by atoms with E-state index in [0.29, 0.717) is 22.3 Å². The lowest BCUT2D eigenvalue weighted by Gasteiger charge is -2.15. The Bertz CT molecular complexity index is 923. The first-order valence-electron chi connectivity index (χ1n) is 8.70. The van der Waals surface area contributed by atoms with Gasteiger partial charge in [-0.15, -0.1) is 9.24 Å². The van der Waals surface area contributed by atoms with Crippen molar-refractivity contribution in [3.05, 3.63) is 83.3 Å². The number of hydrogen-bond acceptors (Lipinski definition) is 4. The molecular formula is C20H21F4N4OP. The van der Waals surface area contributed by atoms with Crippen molar-refractivity contribution in [3.8, 4) is 0 Å². The van der Waals surface area contributed by atoms with Gasteiger partial charge in [0.05, 0.1) is 11.1 Å². The maximum atomic E-state index is 13.5. The Morgan fingerprint density at radius 2 is 1.83 bits per heavy atom. The summed E-state index contributed by atoms with van der Waals surface area (Å²) < 4.78 is 51.3. The number of rotatable bonds is 9. The molecule has 0 fully saturated rings. The summed E-state index contributed by atoms with van der Waals surface area (Å²) in [6, 6.07) is 8.85. The molecule has 0 radical (unpaired) electrons. The SMILES string of the molecule is C=C/C(NCc1cc(F)cc(P)c1)=C(\CNNc1ccc(C(F)(F)F)cc1)C(N)=O. The molecule has 0 aliphatic rings. The molecule has 5 N–H and O–H groups in total. The fraction of sp³-hybridized carbons (Fsp3) is 0.150. The summed E-state index contributed by atoms with van der Waals surface area (Å²) >= 11 is 0. The molecule has 2 aromatic carbocycles. The van der Waals surface area contributed by atoms with Crippen LogP contribution in [0.1, 0.15) is 11.1 Å². The molecule has 160 valence electrons. The second-order valence-electron chi connectivity index (χ2n) is 6.26. The van der Waals surface area contributed by atoms with E-state index in [2.05, 4.69) is 32.0 Å². The zero-order valence-corrected chi connectivity index (χ0v) is 17.0. The smallest absolute Gasteiger partial charge is 0.381 e. The highest BCUT2D eigenvalue weighted by molar-refractivity contribution is 7.27. The number of nitrogens with one attached hydrogen (secondary N) is 3. The zero-order valence-electron chi connectivity index (χ0n) is 15.8.